The minimum Gasteiger partial charge on any atom is -0.508 e. The number of nitrogens with zero attached hydrogens (tertiary/aromatic N) is 1. The first-order valence-electron chi connectivity index (χ1n) is 15.9. The fourth-order valence-corrected chi connectivity index (χ4v) is 5.35. The molecule has 13 N–H and O–H groups in total. The van der Waals surface area contributed by atoms with Gasteiger partial charge in [-0.1, -0.05) is 42.5 Å². The van der Waals surface area contributed by atoms with Crippen LogP contribution in [0, 0.1) is 0 Å². The smallest absolute Gasteiger partial charge is 0.326 e. The van der Waals surface area contributed by atoms with Crippen molar-refractivity contribution in [2.75, 3.05) is 6.54 Å². The summed E-state index contributed by atoms with van der Waals surface area (Å²) in [6, 6.07) is 14.5. The summed E-state index contributed by atoms with van der Waals surface area (Å²) < 4.78 is 0. The lowest BCUT2D eigenvalue weighted by Gasteiger charge is -2.25. The van der Waals surface area contributed by atoms with E-state index in [4.69, 9.17) is 17.2 Å². The minimum absolute atomic E-state index is 0.00484. The third-order valence-electron chi connectivity index (χ3n) is 8.04. The van der Waals surface area contributed by atoms with Crippen molar-refractivity contribution in [1.29, 1.82) is 0 Å². The number of hydrogen-bond donors (Lipinski definition) is 10. The Labute approximate surface area is 288 Å². The SMILES string of the molecule is NC(N)=NCCCC(N)C(=O)NC(Cc1ccc(O)cc1)C(=O)NC(Cc1ccc(O)cc1)C(=O)NC(Cc1c[nH]c2ccccc12)C(=O)O. The van der Waals surface area contributed by atoms with Crippen LogP contribution in [0.5, 0.6) is 11.5 Å². The maximum Gasteiger partial charge on any atom is 0.326 e. The lowest BCUT2D eigenvalue weighted by Crippen LogP contribution is -2.58. The molecule has 0 bridgehead atoms. The zero-order chi connectivity index (χ0) is 36.2. The van der Waals surface area contributed by atoms with E-state index in [-0.39, 0.29) is 49.7 Å². The second-order valence-corrected chi connectivity index (χ2v) is 11.9. The number of phenols is 2. The molecular formula is C35H42N8O7. The number of aliphatic imine (C=N–C) groups is 1. The Morgan fingerprint density at radius 1 is 0.720 bits per heavy atom. The highest BCUT2D eigenvalue weighted by Crippen LogP contribution is 2.20. The van der Waals surface area contributed by atoms with Crippen molar-refractivity contribution >= 4 is 40.6 Å². The highest BCUT2D eigenvalue weighted by atomic mass is 16.4. The Hall–Kier alpha value is -6.09. The van der Waals surface area contributed by atoms with Gasteiger partial charge in [0.1, 0.15) is 29.6 Å². The van der Waals surface area contributed by atoms with Gasteiger partial charge in [0.15, 0.2) is 5.96 Å². The van der Waals surface area contributed by atoms with Gasteiger partial charge in [-0.3, -0.25) is 19.4 Å². The van der Waals surface area contributed by atoms with Gasteiger partial charge in [-0.15, -0.1) is 0 Å². The molecule has 4 atom stereocenters. The predicted molar refractivity (Wildman–Crippen MR) is 187 cm³/mol. The molecule has 3 aromatic carbocycles. The number of amides is 3. The number of hydrogen-bond acceptors (Lipinski definition) is 8. The lowest BCUT2D eigenvalue weighted by atomic mass is 10.0. The van der Waals surface area contributed by atoms with Crippen LogP contribution in [0.25, 0.3) is 10.9 Å². The molecule has 1 heterocycles. The molecule has 4 aromatic rings. The number of aliphatic carboxylic acids is 1. The van der Waals surface area contributed by atoms with Gasteiger partial charge < -0.3 is 53.5 Å². The second kappa shape index (κ2) is 17.3. The van der Waals surface area contributed by atoms with Crippen LogP contribution in [0.2, 0.25) is 0 Å². The molecule has 0 saturated carbocycles. The van der Waals surface area contributed by atoms with E-state index in [0.29, 0.717) is 23.1 Å². The summed E-state index contributed by atoms with van der Waals surface area (Å²) in [4.78, 5) is 60.1. The van der Waals surface area contributed by atoms with Crippen molar-refractivity contribution in [3.8, 4) is 11.5 Å². The number of rotatable bonds is 17. The quantitative estimate of drug-likeness (QED) is 0.0418. The van der Waals surface area contributed by atoms with E-state index in [2.05, 4.69) is 25.9 Å². The number of carbonyl (C=O) groups excluding carboxylic acids is 3. The number of para-hydroxylation sites is 1. The van der Waals surface area contributed by atoms with Crippen LogP contribution in [0.15, 0.2) is 84.0 Å². The summed E-state index contributed by atoms with van der Waals surface area (Å²) in [6.07, 6.45) is 2.18. The van der Waals surface area contributed by atoms with Gasteiger partial charge in [-0.05, 0) is 59.9 Å². The standard InChI is InChI=1S/C35H42N8O7/c36-26(5-3-15-39-35(37)38)31(46)41-28(16-20-7-11-23(44)12-8-20)32(47)42-29(17-21-9-13-24(45)14-10-21)33(48)43-30(34(49)50)18-22-19-40-27-6-2-1-4-25(22)27/h1-2,4,6-14,19,26,28-30,40,44-45H,3,5,15-18,36H2,(H,41,46)(H,42,47)(H,43,48)(H,49,50)(H4,37,38,39). The van der Waals surface area contributed by atoms with Gasteiger partial charge in [0, 0.05) is 42.9 Å². The topological polar surface area (TPSA) is 271 Å². The molecule has 1 aromatic heterocycles. The number of carbonyl (C=O) groups is 4. The van der Waals surface area contributed by atoms with E-state index in [0.717, 1.165) is 10.9 Å². The molecular weight excluding hydrogens is 644 g/mol. The van der Waals surface area contributed by atoms with Crippen LogP contribution in [0.1, 0.15) is 29.5 Å². The number of guanidine groups is 1. The molecule has 50 heavy (non-hydrogen) atoms. The fourth-order valence-electron chi connectivity index (χ4n) is 5.35. The maximum atomic E-state index is 13.9. The summed E-state index contributed by atoms with van der Waals surface area (Å²) in [5.74, 6) is -3.50. The number of aromatic hydroxyl groups is 2. The molecule has 0 aliphatic heterocycles. The van der Waals surface area contributed by atoms with E-state index < -0.39 is 47.9 Å². The largest absolute Gasteiger partial charge is 0.508 e. The Morgan fingerprint density at radius 2 is 1.24 bits per heavy atom. The molecule has 0 aliphatic carbocycles. The Bertz CT molecular complexity index is 1800. The number of benzene rings is 3. The van der Waals surface area contributed by atoms with E-state index in [1.165, 1.54) is 24.3 Å². The molecule has 0 aliphatic rings. The first-order chi connectivity index (χ1) is 23.9. The maximum absolute atomic E-state index is 13.9. The molecule has 0 radical (unpaired) electrons. The van der Waals surface area contributed by atoms with Crippen LogP contribution in [0.3, 0.4) is 0 Å². The zero-order valence-corrected chi connectivity index (χ0v) is 27.2. The number of aromatic nitrogens is 1. The van der Waals surface area contributed by atoms with Crippen molar-refractivity contribution in [1.82, 2.24) is 20.9 Å². The molecule has 4 rings (SSSR count). The van der Waals surface area contributed by atoms with Crippen molar-refractivity contribution in [2.45, 2.75) is 56.3 Å². The minimum atomic E-state index is -1.34. The number of nitrogens with one attached hydrogen (secondary N) is 4. The highest BCUT2D eigenvalue weighted by Gasteiger charge is 2.31. The van der Waals surface area contributed by atoms with Crippen molar-refractivity contribution in [3.63, 3.8) is 0 Å². The third kappa shape index (κ3) is 10.7. The van der Waals surface area contributed by atoms with Crippen molar-refractivity contribution in [3.05, 3.63) is 95.7 Å². The number of carboxylic acid groups (broad SMARTS) is 1. The molecule has 15 heteroatoms. The van der Waals surface area contributed by atoms with Crippen LogP contribution in [-0.4, -0.2) is 80.7 Å². The van der Waals surface area contributed by atoms with Gasteiger partial charge in [0.25, 0.3) is 0 Å². The van der Waals surface area contributed by atoms with Gasteiger partial charge in [-0.25, -0.2) is 4.79 Å². The number of fused-ring (bicyclic) bond motifs is 1. The van der Waals surface area contributed by atoms with Gasteiger partial charge in [0.2, 0.25) is 17.7 Å². The Morgan fingerprint density at radius 3 is 1.78 bits per heavy atom. The molecule has 15 nitrogen and oxygen atoms in total. The third-order valence-corrected chi connectivity index (χ3v) is 8.04. The van der Waals surface area contributed by atoms with Crippen molar-refractivity contribution < 1.29 is 34.5 Å². The van der Waals surface area contributed by atoms with E-state index >= 15 is 0 Å². The fraction of sp³-hybridized carbons (Fsp3) is 0.286. The van der Waals surface area contributed by atoms with Gasteiger partial charge in [0.05, 0.1) is 6.04 Å². The van der Waals surface area contributed by atoms with E-state index in [1.807, 2.05) is 24.3 Å². The van der Waals surface area contributed by atoms with Gasteiger partial charge >= 0.3 is 5.97 Å². The zero-order valence-electron chi connectivity index (χ0n) is 27.2. The Balaban J connectivity index is 1.55. The number of nitrogens with two attached hydrogens (primary N) is 3. The number of aromatic amines is 1. The second-order valence-electron chi connectivity index (χ2n) is 11.9. The average Bonchev–Trinajstić information content (AvgIpc) is 3.49. The van der Waals surface area contributed by atoms with Gasteiger partial charge in [-0.2, -0.15) is 0 Å². The summed E-state index contributed by atoms with van der Waals surface area (Å²) in [7, 11) is 0. The normalized spacial score (nSPS) is 13.4. The monoisotopic (exact) mass is 686 g/mol. The summed E-state index contributed by atoms with van der Waals surface area (Å²) >= 11 is 0. The number of H-pyrrole nitrogens is 1. The van der Waals surface area contributed by atoms with Crippen LogP contribution < -0.4 is 33.2 Å². The molecule has 3 amide bonds. The molecule has 4 unspecified atom stereocenters. The van der Waals surface area contributed by atoms with Crippen molar-refractivity contribution in [2.24, 2.45) is 22.2 Å². The van der Waals surface area contributed by atoms with Crippen LogP contribution in [0.4, 0.5) is 0 Å². The summed E-state index contributed by atoms with van der Waals surface area (Å²) in [6.45, 7) is 0.256. The summed E-state index contributed by atoms with van der Waals surface area (Å²) in [5, 5.41) is 38.3. The number of carboxylic acids is 1. The first-order valence-corrected chi connectivity index (χ1v) is 15.9. The highest BCUT2D eigenvalue weighted by molar-refractivity contribution is 5.94. The molecule has 0 saturated heterocycles. The molecule has 0 fully saturated rings. The summed E-state index contributed by atoms with van der Waals surface area (Å²) in [5.41, 5.74) is 19.4. The lowest BCUT2D eigenvalue weighted by molar-refractivity contribution is -0.142. The van der Waals surface area contributed by atoms with Crippen LogP contribution in [-0.2, 0) is 38.4 Å². The predicted octanol–water partition coefficient (Wildman–Crippen LogP) is 0.527. The van der Waals surface area contributed by atoms with Crippen LogP contribution >= 0.6 is 0 Å². The Kier molecular flexibility index (Phi) is 12.7. The van der Waals surface area contributed by atoms with E-state index in [9.17, 15) is 34.5 Å². The average molecular weight is 687 g/mol. The first kappa shape index (κ1) is 36.7. The molecule has 0 spiro atoms. The number of phenolic OH excluding ortho intramolecular Hbond substituents is 2. The molecule has 264 valence electrons. The van der Waals surface area contributed by atoms with E-state index in [1.54, 1.807) is 30.5 Å².